The minimum absolute atomic E-state index is 0.0573. The maximum atomic E-state index is 14.1. The van der Waals surface area contributed by atoms with Crippen LogP contribution in [-0.2, 0) is 10.2 Å². The highest BCUT2D eigenvalue weighted by Gasteiger charge is 2.47. The number of benzene rings is 1. The van der Waals surface area contributed by atoms with Crippen molar-refractivity contribution in [2.24, 2.45) is 5.92 Å². The number of amides is 3. The van der Waals surface area contributed by atoms with Gasteiger partial charge in [0.05, 0.1) is 6.61 Å². The Morgan fingerprint density at radius 3 is 2.66 bits per heavy atom. The van der Waals surface area contributed by atoms with Crippen molar-refractivity contribution in [1.29, 1.82) is 0 Å². The van der Waals surface area contributed by atoms with Crippen LogP contribution in [0, 0.1) is 11.7 Å². The Morgan fingerprint density at radius 2 is 1.97 bits per heavy atom. The van der Waals surface area contributed by atoms with Gasteiger partial charge in [0.25, 0.3) is 0 Å². The summed E-state index contributed by atoms with van der Waals surface area (Å²) < 4.78 is 19.4. The van der Waals surface area contributed by atoms with Gasteiger partial charge in [0, 0.05) is 51.4 Å². The normalized spacial score (nSPS) is 22.3. The maximum Gasteiger partial charge on any atom is 0.409 e. The number of likely N-dealkylation sites (tertiary alicyclic amines) is 2. The summed E-state index contributed by atoms with van der Waals surface area (Å²) in [7, 11) is 3.50. The molecule has 0 unspecified atom stereocenters. The van der Waals surface area contributed by atoms with E-state index in [9.17, 15) is 14.0 Å². The number of fused-ring (bicyclic) bond motifs is 2. The second kappa shape index (κ2) is 9.25. The zero-order valence-corrected chi connectivity index (χ0v) is 19.5. The van der Waals surface area contributed by atoms with Crippen LogP contribution in [0.3, 0.4) is 0 Å². The minimum atomic E-state index is -0.245. The van der Waals surface area contributed by atoms with E-state index in [-0.39, 0.29) is 23.4 Å². The molecule has 0 saturated carbocycles. The molecule has 176 valence electrons. The van der Waals surface area contributed by atoms with Crippen LogP contribution in [0.4, 0.5) is 19.7 Å². The summed E-state index contributed by atoms with van der Waals surface area (Å²) in [5.41, 5.74) is 1.62. The van der Waals surface area contributed by atoms with E-state index in [0.717, 1.165) is 69.7 Å². The third-order valence-corrected chi connectivity index (χ3v) is 7.20. The molecule has 3 amide bonds. The van der Waals surface area contributed by atoms with E-state index in [2.05, 4.69) is 4.90 Å². The Labute approximate surface area is 190 Å². The molecule has 0 aliphatic carbocycles. The molecular weight excluding hydrogens is 411 g/mol. The molecule has 32 heavy (non-hydrogen) atoms. The van der Waals surface area contributed by atoms with E-state index in [4.69, 9.17) is 4.74 Å². The average Bonchev–Trinajstić information content (AvgIpc) is 3.36. The fourth-order valence-electron chi connectivity index (χ4n) is 5.44. The van der Waals surface area contributed by atoms with Crippen LogP contribution in [0.2, 0.25) is 0 Å². The lowest BCUT2D eigenvalue weighted by Gasteiger charge is -2.40. The predicted octanol–water partition coefficient (Wildman–Crippen LogP) is 3.53. The molecule has 1 spiro atoms. The van der Waals surface area contributed by atoms with Gasteiger partial charge in [-0.3, -0.25) is 4.90 Å². The van der Waals surface area contributed by atoms with Gasteiger partial charge in [-0.05, 0) is 68.5 Å². The number of carbonyl (C=O) groups is 2. The van der Waals surface area contributed by atoms with Gasteiger partial charge in [0.2, 0.25) is 0 Å². The van der Waals surface area contributed by atoms with Crippen molar-refractivity contribution < 1.29 is 18.7 Å². The van der Waals surface area contributed by atoms with Crippen molar-refractivity contribution in [2.45, 2.75) is 38.0 Å². The summed E-state index contributed by atoms with van der Waals surface area (Å²) in [5.74, 6) is 0.212. The number of anilines is 1. The molecule has 0 aromatic heterocycles. The van der Waals surface area contributed by atoms with Crippen LogP contribution in [-0.4, -0.2) is 86.8 Å². The average molecular weight is 447 g/mol. The van der Waals surface area contributed by atoms with E-state index in [1.165, 1.54) is 6.07 Å². The van der Waals surface area contributed by atoms with Gasteiger partial charge < -0.3 is 19.4 Å². The molecule has 1 atom stereocenters. The zero-order valence-electron chi connectivity index (χ0n) is 19.5. The molecule has 3 heterocycles. The zero-order chi connectivity index (χ0) is 22.9. The Balaban J connectivity index is 1.38. The Kier molecular flexibility index (Phi) is 6.60. The minimum Gasteiger partial charge on any atom is -0.449 e. The first-order chi connectivity index (χ1) is 15.3. The highest BCUT2D eigenvalue weighted by molar-refractivity contribution is 5.95. The third kappa shape index (κ3) is 4.42. The Bertz CT molecular complexity index is 854. The number of carbonyl (C=O) groups excluding carboxylic acids is 2. The number of halogens is 1. The number of urea groups is 1. The molecule has 4 rings (SSSR count). The van der Waals surface area contributed by atoms with Crippen LogP contribution in [0.1, 0.15) is 38.2 Å². The highest BCUT2D eigenvalue weighted by atomic mass is 19.1. The van der Waals surface area contributed by atoms with E-state index >= 15 is 0 Å². The van der Waals surface area contributed by atoms with Crippen LogP contribution in [0.25, 0.3) is 0 Å². The number of piperidine rings is 1. The topological polar surface area (TPSA) is 56.3 Å². The number of rotatable bonds is 4. The smallest absolute Gasteiger partial charge is 0.409 e. The molecule has 3 aliphatic rings. The Morgan fingerprint density at radius 1 is 1.22 bits per heavy atom. The molecular formula is C24H35FN4O3. The molecule has 8 heteroatoms. The fourth-order valence-corrected chi connectivity index (χ4v) is 5.44. The van der Waals surface area contributed by atoms with Crippen molar-refractivity contribution in [2.75, 3.05) is 64.9 Å². The van der Waals surface area contributed by atoms with Crippen molar-refractivity contribution >= 4 is 17.8 Å². The van der Waals surface area contributed by atoms with Gasteiger partial charge in [0.1, 0.15) is 5.82 Å². The SMILES string of the molecule is CCCOC(=O)N1CC[C@H](CN2CCC3(CC2)CN(C(=O)N(C)C)c2ccc(F)cc23)C1. The standard InChI is InChI=1S/C24H35FN4O3/c1-4-13-32-23(31)28-10-7-18(16-28)15-27-11-8-24(9-12-27)17-29(22(30)26(2)3)21-6-5-19(25)14-20(21)24/h5-6,14,18H,4,7-13,15-17H2,1-3H3/t18-/m1/s1. The first kappa shape index (κ1) is 22.8. The van der Waals surface area contributed by atoms with Gasteiger partial charge in [-0.2, -0.15) is 0 Å². The summed E-state index contributed by atoms with van der Waals surface area (Å²) in [4.78, 5) is 32.6. The van der Waals surface area contributed by atoms with E-state index in [1.807, 2.05) is 11.8 Å². The molecule has 2 fully saturated rings. The molecule has 1 aromatic carbocycles. The molecule has 0 bridgehead atoms. The summed E-state index contributed by atoms with van der Waals surface area (Å²) in [6.07, 6.45) is 3.44. The van der Waals surface area contributed by atoms with Gasteiger partial charge in [0.15, 0.2) is 0 Å². The lowest BCUT2D eigenvalue weighted by Crippen LogP contribution is -2.48. The van der Waals surface area contributed by atoms with Gasteiger partial charge in [-0.15, -0.1) is 0 Å². The summed E-state index contributed by atoms with van der Waals surface area (Å²) in [5, 5.41) is 0. The van der Waals surface area contributed by atoms with E-state index < -0.39 is 0 Å². The van der Waals surface area contributed by atoms with Crippen LogP contribution < -0.4 is 4.90 Å². The van der Waals surface area contributed by atoms with Gasteiger partial charge in [-0.25, -0.2) is 14.0 Å². The molecule has 7 nitrogen and oxygen atoms in total. The van der Waals surface area contributed by atoms with Gasteiger partial charge >= 0.3 is 12.1 Å². The van der Waals surface area contributed by atoms with E-state index in [1.54, 1.807) is 36.0 Å². The molecule has 0 N–H and O–H groups in total. The summed E-state index contributed by atoms with van der Waals surface area (Å²) >= 11 is 0. The molecule has 2 saturated heterocycles. The van der Waals surface area contributed by atoms with Crippen LogP contribution in [0.5, 0.6) is 0 Å². The lowest BCUT2D eigenvalue weighted by atomic mass is 9.74. The fraction of sp³-hybridized carbons (Fsp3) is 0.667. The number of ether oxygens (including phenoxy) is 1. The third-order valence-electron chi connectivity index (χ3n) is 7.20. The number of hydrogen-bond acceptors (Lipinski definition) is 4. The van der Waals surface area contributed by atoms with Crippen molar-refractivity contribution in [3.8, 4) is 0 Å². The maximum absolute atomic E-state index is 14.1. The monoisotopic (exact) mass is 446 g/mol. The van der Waals surface area contributed by atoms with Crippen molar-refractivity contribution in [1.82, 2.24) is 14.7 Å². The van der Waals surface area contributed by atoms with Gasteiger partial charge in [-0.1, -0.05) is 6.92 Å². The van der Waals surface area contributed by atoms with E-state index in [0.29, 0.717) is 19.1 Å². The number of nitrogens with zero attached hydrogens (tertiary/aromatic N) is 4. The van der Waals surface area contributed by atoms with Crippen molar-refractivity contribution in [3.63, 3.8) is 0 Å². The first-order valence-corrected chi connectivity index (χ1v) is 11.8. The van der Waals surface area contributed by atoms with Crippen LogP contribution in [0.15, 0.2) is 18.2 Å². The molecule has 3 aliphatic heterocycles. The summed E-state index contributed by atoms with van der Waals surface area (Å²) in [6, 6.07) is 4.77. The largest absolute Gasteiger partial charge is 0.449 e. The molecule has 1 aromatic rings. The highest BCUT2D eigenvalue weighted by Crippen LogP contribution is 2.47. The molecule has 0 radical (unpaired) electrons. The second-order valence-electron chi connectivity index (χ2n) is 9.72. The first-order valence-electron chi connectivity index (χ1n) is 11.8. The lowest BCUT2D eigenvalue weighted by molar-refractivity contribution is 0.106. The quantitative estimate of drug-likeness (QED) is 0.710. The van der Waals surface area contributed by atoms with Crippen molar-refractivity contribution in [3.05, 3.63) is 29.6 Å². The van der Waals surface area contributed by atoms with Crippen LogP contribution >= 0.6 is 0 Å². The predicted molar refractivity (Wildman–Crippen MR) is 122 cm³/mol. The number of hydrogen-bond donors (Lipinski definition) is 0. The summed E-state index contributed by atoms with van der Waals surface area (Å²) in [6.45, 7) is 7.39. The Hall–Kier alpha value is -2.35. The second-order valence-corrected chi connectivity index (χ2v) is 9.72.